The summed E-state index contributed by atoms with van der Waals surface area (Å²) in [4.78, 5) is 10.7. The van der Waals surface area contributed by atoms with Crippen molar-refractivity contribution in [1.82, 2.24) is 10.5 Å². The van der Waals surface area contributed by atoms with E-state index >= 15 is 0 Å². The number of hydrogen-bond donors (Lipinski definition) is 2. The summed E-state index contributed by atoms with van der Waals surface area (Å²) in [5.41, 5.74) is 0.977. The third-order valence-electron chi connectivity index (χ3n) is 4.16. The number of carbonyl (C=O) groups is 1. The minimum atomic E-state index is -4.80. The molecule has 30 heavy (non-hydrogen) atoms. The van der Waals surface area contributed by atoms with Crippen LogP contribution in [-0.2, 0) is 5.00 Å². The summed E-state index contributed by atoms with van der Waals surface area (Å²) in [6.07, 6.45) is -6.06. The molecule has 0 fully saturated rings. The molecule has 2 aromatic carbocycles. The summed E-state index contributed by atoms with van der Waals surface area (Å²) in [5.74, 6) is -0.979. The van der Waals surface area contributed by atoms with Gasteiger partial charge in [-0.1, -0.05) is 35.0 Å². The van der Waals surface area contributed by atoms with Crippen LogP contribution in [-0.4, -0.2) is 28.6 Å². The van der Waals surface area contributed by atoms with Crippen molar-refractivity contribution in [3.05, 3.63) is 72.0 Å². The van der Waals surface area contributed by atoms with Crippen LogP contribution in [0.25, 0.3) is 11.3 Å². The van der Waals surface area contributed by atoms with Crippen LogP contribution in [0.5, 0.6) is 5.75 Å². The van der Waals surface area contributed by atoms with Crippen molar-refractivity contribution in [2.24, 2.45) is 0 Å². The van der Waals surface area contributed by atoms with E-state index in [0.29, 0.717) is 11.1 Å². The van der Waals surface area contributed by atoms with Gasteiger partial charge in [0.15, 0.2) is 5.76 Å². The van der Waals surface area contributed by atoms with Gasteiger partial charge in [0.2, 0.25) is 5.00 Å². The number of amides is 1. The van der Waals surface area contributed by atoms with Crippen molar-refractivity contribution in [3.63, 3.8) is 0 Å². The number of carbonyl (C=O) groups excluding carboxylic acids is 1. The molecule has 2 N–H and O–H groups in total. The van der Waals surface area contributed by atoms with Crippen molar-refractivity contribution in [2.45, 2.75) is 24.4 Å². The maximum atomic E-state index is 12.5. The van der Waals surface area contributed by atoms with E-state index in [1.165, 1.54) is 25.1 Å². The minimum absolute atomic E-state index is 0.0472. The quantitative estimate of drug-likeness (QED) is 0.437. The summed E-state index contributed by atoms with van der Waals surface area (Å²) in [6, 6.07) is 14.6. The average Bonchev–Trinajstić information content (AvgIpc) is 3.18. The zero-order valence-corrected chi connectivity index (χ0v) is 16.2. The van der Waals surface area contributed by atoms with E-state index in [1.807, 2.05) is 0 Å². The minimum Gasteiger partial charge on any atom is -0.406 e. The van der Waals surface area contributed by atoms with E-state index < -0.39 is 23.4 Å². The first kappa shape index (κ1) is 21.7. The molecular weight excluding hydrogens is 425 g/mol. The highest BCUT2D eigenvalue weighted by molar-refractivity contribution is 6.25. The average molecular weight is 441 g/mol. The first-order valence-corrected chi connectivity index (χ1v) is 9.04. The fourth-order valence-corrected chi connectivity index (χ4v) is 2.78. The van der Waals surface area contributed by atoms with Crippen LogP contribution >= 0.6 is 11.6 Å². The molecule has 10 heteroatoms. The Kier molecular flexibility index (Phi) is 6.04. The van der Waals surface area contributed by atoms with Crippen molar-refractivity contribution in [2.75, 3.05) is 0 Å². The standard InChI is InChI=1S/C20H16ClF3N2O4/c1-12(27)19(21,25-18(28)14-5-3-2-4-6-14)17-11-16(26-30-17)13-7-9-15(10-8-13)29-20(22,23)24/h2-12,27H,1H3,(H,25,28)/t12-,19+/m0/s1. The zero-order chi connectivity index (χ0) is 21.9. The summed E-state index contributed by atoms with van der Waals surface area (Å²) >= 11 is 6.48. The third-order valence-corrected chi connectivity index (χ3v) is 4.76. The number of aliphatic hydroxyl groups excluding tert-OH is 1. The van der Waals surface area contributed by atoms with Gasteiger partial charge in [-0.25, -0.2) is 0 Å². The van der Waals surface area contributed by atoms with E-state index in [9.17, 15) is 23.1 Å². The molecule has 0 aliphatic rings. The molecule has 158 valence electrons. The van der Waals surface area contributed by atoms with Crippen LogP contribution in [0.2, 0.25) is 0 Å². The number of nitrogens with zero attached hydrogens (tertiary/aromatic N) is 1. The molecule has 0 aliphatic heterocycles. The number of benzene rings is 2. The van der Waals surface area contributed by atoms with E-state index in [-0.39, 0.29) is 17.2 Å². The number of alkyl halides is 4. The fraction of sp³-hybridized carbons (Fsp3) is 0.200. The lowest BCUT2D eigenvalue weighted by Gasteiger charge is -2.28. The normalized spacial score (nSPS) is 14.6. The van der Waals surface area contributed by atoms with Gasteiger partial charge in [0.05, 0.1) is 6.10 Å². The molecule has 3 rings (SSSR count). The monoisotopic (exact) mass is 440 g/mol. The third kappa shape index (κ3) is 4.92. The fourth-order valence-electron chi connectivity index (χ4n) is 2.61. The van der Waals surface area contributed by atoms with Gasteiger partial charge in [0.1, 0.15) is 11.4 Å². The highest BCUT2D eigenvalue weighted by Crippen LogP contribution is 2.34. The predicted molar refractivity (Wildman–Crippen MR) is 102 cm³/mol. The van der Waals surface area contributed by atoms with E-state index in [1.54, 1.807) is 30.3 Å². The maximum absolute atomic E-state index is 12.5. The second-order valence-electron chi connectivity index (χ2n) is 6.36. The molecule has 0 radical (unpaired) electrons. The Labute approximate surface area is 174 Å². The smallest absolute Gasteiger partial charge is 0.406 e. The zero-order valence-electron chi connectivity index (χ0n) is 15.5. The van der Waals surface area contributed by atoms with Crippen LogP contribution in [0.1, 0.15) is 23.0 Å². The van der Waals surface area contributed by atoms with Gasteiger partial charge in [-0.3, -0.25) is 4.79 Å². The topological polar surface area (TPSA) is 84.6 Å². The molecule has 0 spiro atoms. The highest BCUT2D eigenvalue weighted by Gasteiger charge is 2.41. The molecule has 1 aromatic heterocycles. The van der Waals surface area contributed by atoms with E-state index in [2.05, 4.69) is 15.2 Å². The lowest BCUT2D eigenvalue weighted by molar-refractivity contribution is -0.274. The van der Waals surface area contributed by atoms with Gasteiger partial charge in [-0.15, -0.1) is 13.2 Å². The Balaban J connectivity index is 1.83. The molecule has 6 nitrogen and oxygen atoms in total. The number of rotatable bonds is 6. The molecule has 0 saturated carbocycles. The molecule has 0 unspecified atom stereocenters. The highest BCUT2D eigenvalue weighted by atomic mass is 35.5. The first-order valence-electron chi connectivity index (χ1n) is 8.66. The second-order valence-corrected chi connectivity index (χ2v) is 6.95. The molecule has 0 aliphatic carbocycles. The summed E-state index contributed by atoms with van der Waals surface area (Å²) in [7, 11) is 0. The van der Waals surface area contributed by atoms with Crippen LogP contribution in [0.15, 0.2) is 65.2 Å². The Morgan fingerprint density at radius 1 is 1.17 bits per heavy atom. The summed E-state index contributed by atoms with van der Waals surface area (Å²) in [6.45, 7) is 1.36. The number of nitrogens with one attached hydrogen (secondary N) is 1. The van der Waals surface area contributed by atoms with Crippen molar-refractivity contribution in [1.29, 1.82) is 0 Å². The van der Waals surface area contributed by atoms with E-state index in [0.717, 1.165) is 12.1 Å². The number of ether oxygens (including phenoxy) is 1. The number of halogens is 4. The molecular formula is C20H16ClF3N2O4. The van der Waals surface area contributed by atoms with Gasteiger partial charge >= 0.3 is 6.36 Å². The van der Waals surface area contributed by atoms with Crippen LogP contribution in [0.3, 0.4) is 0 Å². The van der Waals surface area contributed by atoms with Gasteiger partial charge in [-0.2, -0.15) is 0 Å². The lowest BCUT2D eigenvalue weighted by Crippen LogP contribution is -2.48. The van der Waals surface area contributed by atoms with E-state index in [4.69, 9.17) is 16.1 Å². The largest absolute Gasteiger partial charge is 0.573 e. The predicted octanol–water partition coefficient (Wildman–Crippen LogP) is 4.44. The van der Waals surface area contributed by atoms with Gasteiger partial charge in [0.25, 0.3) is 5.91 Å². The van der Waals surface area contributed by atoms with Gasteiger partial charge in [-0.05, 0) is 43.3 Å². The van der Waals surface area contributed by atoms with Crippen molar-refractivity contribution in [3.8, 4) is 17.0 Å². The Morgan fingerprint density at radius 2 is 1.80 bits per heavy atom. The van der Waals surface area contributed by atoms with Crippen molar-refractivity contribution >= 4 is 17.5 Å². The Bertz CT molecular complexity index is 1010. The Hall–Kier alpha value is -3.04. The van der Waals surface area contributed by atoms with Crippen LogP contribution < -0.4 is 10.1 Å². The lowest BCUT2D eigenvalue weighted by atomic mass is 10.1. The molecule has 0 bridgehead atoms. The summed E-state index contributed by atoms with van der Waals surface area (Å²) < 4.78 is 45.9. The maximum Gasteiger partial charge on any atom is 0.573 e. The molecule has 0 saturated heterocycles. The molecule has 2 atom stereocenters. The van der Waals surface area contributed by atoms with Crippen LogP contribution in [0.4, 0.5) is 13.2 Å². The number of aromatic nitrogens is 1. The number of hydrogen-bond acceptors (Lipinski definition) is 5. The van der Waals surface area contributed by atoms with Crippen molar-refractivity contribution < 1.29 is 32.3 Å². The number of aliphatic hydroxyl groups is 1. The van der Waals surface area contributed by atoms with Gasteiger partial charge < -0.3 is 19.7 Å². The second kappa shape index (κ2) is 8.37. The molecule has 1 heterocycles. The first-order chi connectivity index (χ1) is 14.1. The Morgan fingerprint density at radius 3 is 2.37 bits per heavy atom. The van der Waals surface area contributed by atoms with Crippen LogP contribution in [0, 0.1) is 0 Å². The summed E-state index contributed by atoms with van der Waals surface area (Å²) in [5, 5.41) is 16.5. The van der Waals surface area contributed by atoms with Gasteiger partial charge in [0, 0.05) is 17.2 Å². The SMILES string of the molecule is C[C@H](O)[C@@](Cl)(NC(=O)c1ccccc1)c1cc(-c2ccc(OC(F)(F)F)cc2)no1. The molecule has 3 aromatic rings. The molecule has 1 amide bonds.